The van der Waals surface area contributed by atoms with Crippen molar-refractivity contribution in [2.75, 3.05) is 26.6 Å². The molecule has 0 saturated carbocycles. The number of phosphoric acid groups is 5. The Hall–Kier alpha value is -7.79. The second-order valence-corrected chi connectivity index (χ2v) is 33.7. The van der Waals surface area contributed by atoms with Gasteiger partial charge in [0.05, 0.1) is 53.0 Å². The minimum Gasteiger partial charge on any atom is -0.319 e. The Morgan fingerprint density at radius 1 is 0.380 bits per heavy atom. The van der Waals surface area contributed by atoms with Crippen molar-refractivity contribution in [1.82, 2.24) is 48.9 Å². The van der Waals surface area contributed by atoms with Crippen LogP contribution < -0.4 is 26.6 Å². The molecule has 0 fully saturated rings. The first kappa shape index (κ1) is 102. The first-order valence-electron chi connectivity index (χ1n) is 32.6. The fourth-order valence-electron chi connectivity index (χ4n) is 9.06. The summed E-state index contributed by atoms with van der Waals surface area (Å²) in [6.45, 7) is 10.9. The van der Waals surface area contributed by atoms with Crippen LogP contribution in [0.25, 0.3) is 0 Å². The topological polar surface area (TPSA) is 568 Å². The largest absolute Gasteiger partial charge is 0.471 e. The standard InChI is InChI=1S/C13H13BrClFN3O5P.C13H13Cl2FN3O5P.C13H14ClFN3O5P.C12H11Cl2FN3O5P.C12H12ClFN3O5P/c1-6-3-4-9(8(16)5-6)17-13(20)11-10(14)12(15)19(18-11)7(2)24-25(21,22)23;1-6-3-4-9(8(14)5-6)17-13(20)11-10(16)12(15)19(18-11)7(2)24-25(21,22)23;1-7-3-4-10(9(14)5-7)16-13(19)11-6-12(15)18(17-11)8(2)23-24(20,21)22;1-6-2-3-8(7(13)4-6)16-12(19)10-9(15)11(14)18(17-10)5-23-24(20,21)22;1-7-2-3-9(8(13)4-7)15-12(18)10-5-11(14)17(16-10)6-22-23(19,20)21/h2*3-5,7H,1-2H3,(H,17,20)(H2,21,22,23);3-6,8H,1-2H3,(H,16,19)(H2,20,21,22);2-4H,5H2,1H3,(H,16,19)(H2,20,21,22);2-5H,6H2,1H3,(H,15,18)(H2,19,20,21). The van der Waals surface area contributed by atoms with E-state index >= 15 is 0 Å². The number of nitrogens with zero attached hydrogens (tertiary/aromatic N) is 10. The van der Waals surface area contributed by atoms with Crippen molar-refractivity contribution in [3.8, 4) is 0 Å². The molecule has 0 aliphatic rings. The Morgan fingerprint density at radius 2 is 0.686 bits per heavy atom. The van der Waals surface area contributed by atoms with Crippen molar-refractivity contribution >= 4 is 194 Å². The van der Waals surface area contributed by atoms with Gasteiger partial charge in [-0.05, 0) is 160 Å². The van der Waals surface area contributed by atoms with Gasteiger partial charge in [0, 0.05) is 12.1 Å². The fraction of sp³-hybridized carbons (Fsp3) is 0.206. The molecule has 656 valence electrons. The summed E-state index contributed by atoms with van der Waals surface area (Å²) in [7, 11) is -24.1. The highest BCUT2D eigenvalue weighted by molar-refractivity contribution is 9.10. The molecule has 0 aliphatic carbocycles. The van der Waals surface area contributed by atoms with Gasteiger partial charge in [-0.15, -0.1) is 0 Å². The highest BCUT2D eigenvalue weighted by Gasteiger charge is 2.33. The summed E-state index contributed by atoms with van der Waals surface area (Å²) >= 11 is 44.4. The van der Waals surface area contributed by atoms with Crippen molar-refractivity contribution in [3.63, 3.8) is 0 Å². The molecule has 0 radical (unpaired) electrons. The lowest BCUT2D eigenvalue weighted by molar-refractivity contribution is 0.0775. The van der Waals surface area contributed by atoms with Crippen LogP contribution in [0.15, 0.2) is 108 Å². The van der Waals surface area contributed by atoms with Gasteiger partial charge in [0.15, 0.2) is 82.6 Å². The third-order valence-corrected chi connectivity index (χ3v) is 20.4. The molecule has 5 aromatic heterocycles. The van der Waals surface area contributed by atoms with Gasteiger partial charge in [-0.1, -0.05) is 112 Å². The van der Waals surface area contributed by atoms with Crippen molar-refractivity contribution in [1.29, 1.82) is 0 Å². The smallest absolute Gasteiger partial charge is 0.319 e. The molecule has 10 rings (SSSR count). The van der Waals surface area contributed by atoms with Crippen LogP contribution in [0.3, 0.4) is 0 Å². The number of carbonyl (C=O) groups excluding carboxylic acids is 5. The van der Waals surface area contributed by atoms with Crippen LogP contribution in [0.4, 0.5) is 50.4 Å². The van der Waals surface area contributed by atoms with E-state index in [0.29, 0.717) is 45.7 Å². The number of rotatable bonds is 25. The van der Waals surface area contributed by atoms with Crippen molar-refractivity contribution in [2.24, 2.45) is 0 Å². The third kappa shape index (κ3) is 31.4. The van der Waals surface area contributed by atoms with Crippen LogP contribution in [-0.2, 0) is 58.9 Å². The number of phosphoric ester groups is 5. The molecule has 5 amide bonds. The SMILES string of the molecule is Cc1ccc(NC(=O)c2cc(F)n(C(C)OP(=O)(O)O)n2)c(Cl)c1.Cc1ccc(NC(=O)c2cc(F)n(COP(=O)(O)O)n2)c(Cl)c1.Cc1ccc(NC(=O)c2nn(C(C)OP(=O)(O)O)c(Cl)c2Br)c(F)c1.Cc1ccc(NC(=O)c2nn(C(C)OP(=O)(O)O)c(Cl)c2F)c(Cl)c1.Cc1ccc(NC(=O)c2nn(COP(=O)(O)O)c(Cl)c2F)c(Cl)c1. The summed E-state index contributed by atoms with van der Waals surface area (Å²) in [6, 6.07) is 25.5. The quantitative estimate of drug-likeness (QED) is 0.0187. The molecular formula is C63H63BrCl7F5N15O25P5. The second kappa shape index (κ2) is 43.2. The van der Waals surface area contributed by atoms with Crippen LogP contribution in [0.5, 0.6) is 0 Å². The number of benzene rings is 5. The minimum absolute atomic E-state index is 0.0484. The molecule has 0 aliphatic heterocycles. The molecule has 0 saturated heterocycles. The molecule has 58 heteroatoms. The van der Waals surface area contributed by atoms with E-state index < -0.39 is 152 Å². The first-order chi connectivity index (χ1) is 55.8. The molecule has 0 bridgehead atoms. The first-order valence-corrected chi connectivity index (χ1v) is 43.6. The number of hydrogen-bond donors (Lipinski definition) is 15. The second-order valence-electron chi connectivity index (χ2n) is 24.2. The number of halogens is 13. The van der Waals surface area contributed by atoms with E-state index in [-0.39, 0.29) is 53.8 Å². The van der Waals surface area contributed by atoms with Crippen molar-refractivity contribution in [3.05, 3.63) is 229 Å². The molecule has 0 spiro atoms. The zero-order chi connectivity index (χ0) is 91.2. The van der Waals surface area contributed by atoms with Crippen LogP contribution in [0.1, 0.15) is 120 Å². The van der Waals surface area contributed by atoms with E-state index in [1.54, 1.807) is 87.5 Å². The Bertz CT molecular complexity index is 5650. The Labute approximate surface area is 721 Å². The average molecular weight is 2010 g/mol. The van der Waals surface area contributed by atoms with E-state index in [4.69, 9.17) is 130 Å². The van der Waals surface area contributed by atoms with E-state index in [1.807, 2.05) is 13.8 Å². The summed E-state index contributed by atoms with van der Waals surface area (Å²) in [4.78, 5) is 148. The van der Waals surface area contributed by atoms with Crippen LogP contribution in [-0.4, -0.2) is 127 Å². The number of nitrogens with one attached hydrogen (secondary N) is 5. The van der Waals surface area contributed by atoms with Gasteiger partial charge in [0.2, 0.25) is 11.9 Å². The predicted molar refractivity (Wildman–Crippen MR) is 429 cm³/mol. The van der Waals surface area contributed by atoms with Gasteiger partial charge in [-0.2, -0.15) is 34.3 Å². The molecule has 5 heterocycles. The summed E-state index contributed by atoms with van der Waals surface area (Å²) in [5, 5.41) is 30.0. The number of carbonyl (C=O) groups is 5. The number of hydrogen-bond acceptors (Lipinski definition) is 20. The van der Waals surface area contributed by atoms with E-state index in [2.05, 4.69) is 90.6 Å². The van der Waals surface area contributed by atoms with Crippen molar-refractivity contribution < 1.29 is 140 Å². The molecule has 121 heavy (non-hydrogen) atoms. The molecule has 40 nitrogen and oxygen atoms in total. The monoisotopic (exact) mass is 2000 g/mol. The zero-order valence-corrected chi connectivity index (χ0v) is 73.5. The van der Waals surface area contributed by atoms with Gasteiger partial charge in [-0.25, -0.2) is 59.4 Å². The Kier molecular flexibility index (Phi) is 36.4. The van der Waals surface area contributed by atoms with Gasteiger partial charge in [0.1, 0.15) is 11.0 Å². The Morgan fingerprint density at radius 3 is 1.07 bits per heavy atom. The molecule has 15 N–H and O–H groups in total. The zero-order valence-electron chi connectivity index (χ0n) is 62.2. The summed E-state index contributed by atoms with van der Waals surface area (Å²) in [6.07, 6.45) is -4.06. The maximum atomic E-state index is 14.2. The van der Waals surface area contributed by atoms with Gasteiger partial charge < -0.3 is 75.5 Å². The number of aromatic nitrogens is 10. The lowest BCUT2D eigenvalue weighted by Gasteiger charge is -2.14. The third-order valence-electron chi connectivity index (χ3n) is 14.4. The lowest BCUT2D eigenvalue weighted by atomic mass is 10.2. The normalized spacial score (nSPS) is 12.4. The lowest BCUT2D eigenvalue weighted by Crippen LogP contribution is -2.16. The maximum Gasteiger partial charge on any atom is 0.471 e. The van der Waals surface area contributed by atoms with Crippen LogP contribution >= 0.6 is 136 Å². The molecule has 10 aromatic rings. The highest BCUT2D eigenvalue weighted by atomic mass is 79.9. The molecular weight excluding hydrogens is 1940 g/mol. The van der Waals surface area contributed by atoms with Crippen molar-refractivity contribution in [2.45, 2.75) is 87.5 Å². The predicted octanol–water partition coefficient (Wildman–Crippen LogP) is 15.3. The Balaban J connectivity index is 0.000000234. The van der Waals surface area contributed by atoms with Crippen LogP contribution in [0, 0.1) is 64.0 Å². The molecule has 3 atom stereocenters. The molecule has 5 aromatic carbocycles. The van der Waals surface area contributed by atoms with Gasteiger partial charge in [0.25, 0.3) is 29.5 Å². The van der Waals surface area contributed by atoms with E-state index in [9.17, 15) is 68.8 Å². The fourth-order valence-corrected chi connectivity index (χ4v) is 13.3. The summed E-state index contributed by atoms with van der Waals surface area (Å²) in [5.74, 6) is -9.02. The van der Waals surface area contributed by atoms with Crippen LogP contribution in [0.2, 0.25) is 35.5 Å². The average Bonchev–Trinajstić information content (AvgIpc) is 1.65. The highest BCUT2D eigenvalue weighted by Crippen LogP contribution is 2.45. The number of aryl methyl sites for hydroxylation is 5. The summed E-state index contributed by atoms with van der Waals surface area (Å²) < 4.78 is 148. The van der Waals surface area contributed by atoms with E-state index in [0.717, 1.165) is 39.1 Å². The number of amides is 5. The van der Waals surface area contributed by atoms with E-state index in [1.165, 1.54) is 45.0 Å². The van der Waals surface area contributed by atoms with Gasteiger partial charge in [-0.3, -0.25) is 46.6 Å². The van der Waals surface area contributed by atoms with Gasteiger partial charge >= 0.3 is 39.1 Å². The minimum atomic E-state index is -4.86. The summed E-state index contributed by atoms with van der Waals surface area (Å²) in [5.41, 5.74) is 3.14. The molecule has 3 unspecified atom stereocenters. The maximum absolute atomic E-state index is 14.2. The number of anilines is 5.